The molecule has 2 saturated heterocycles. The van der Waals surface area contributed by atoms with E-state index in [0.717, 1.165) is 0 Å². The van der Waals surface area contributed by atoms with Crippen molar-refractivity contribution in [2.75, 3.05) is 13.2 Å². The minimum Gasteiger partial charge on any atom is -0.508 e. The second-order valence-electron chi connectivity index (χ2n) is 14.2. The summed E-state index contributed by atoms with van der Waals surface area (Å²) in [6.07, 6.45) is -13.5. The van der Waals surface area contributed by atoms with Crippen molar-refractivity contribution in [3.05, 3.63) is 94.5 Å². The van der Waals surface area contributed by atoms with Crippen molar-refractivity contribution in [1.82, 2.24) is 0 Å². The second-order valence-corrected chi connectivity index (χ2v) is 14.2. The Hall–Kier alpha value is -5.38. The van der Waals surface area contributed by atoms with Crippen LogP contribution in [0.5, 0.6) is 46.0 Å². The number of aliphatic hydroxyl groups excluding tert-OH is 8. The van der Waals surface area contributed by atoms with Gasteiger partial charge in [-0.15, -0.1) is 0 Å². The first kappa shape index (κ1) is 40.8. The monoisotopic (exact) mass is 810 g/mol. The van der Waals surface area contributed by atoms with E-state index >= 15 is 0 Å². The van der Waals surface area contributed by atoms with E-state index in [9.17, 15) is 66.4 Å². The molecule has 18 nitrogen and oxygen atoms in total. The fourth-order valence-corrected chi connectivity index (χ4v) is 7.22. The average molecular weight is 811 g/mol. The predicted molar refractivity (Wildman–Crippen MR) is 197 cm³/mol. The lowest BCUT2D eigenvalue weighted by Gasteiger charge is -2.39. The first-order valence-electron chi connectivity index (χ1n) is 18.0. The van der Waals surface area contributed by atoms with Crippen LogP contribution in [-0.2, 0) is 9.47 Å². The maximum Gasteiger partial charge on any atom is 0.229 e. The number of phenolic OH excluding ortho intramolecular Hbond substituents is 5. The van der Waals surface area contributed by atoms with Gasteiger partial charge in [0, 0.05) is 17.7 Å². The Morgan fingerprint density at radius 3 is 1.64 bits per heavy atom. The van der Waals surface area contributed by atoms with Crippen LogP contribution in [0.25, 0.3) is 12.2 Å². The van der Waals surface area contributed by atoms with Crippen molar-refractivity contribution in [3.8, 4) is 46.0 Å². The van der Waals surface area contributed by atoms with Crippen molar-refractivity contribution in [1.29, 1.82) is 0 Å². The molecule has 310 valence electrons. The van der Waals surface area contributed by atoms with E-state index in [1.165, 1.54) is 60.7 Å². The van der Waals surface area contributed by atoms with Gasteiger partial charge in [0.1, 0.15) is 77.9 Å². The fourth-order valence-electron chi connectivity index (χ4n) is 7.22. The molecule has 0 spiro atoms. The van der Waals surface area contributed by atoms with Crippen molar-refractivity contribution >= 4 is 12.2 Å². The van der Waals surface area contributed by atoms with Gasteiger partial charge in [-0.05, 0) is 70.8 Å². The van der Waals surface area contributed by atoms with E-state index in [2.05, 4.69) is 0 Å². The molecule has 12 atom stereocenters. The Balaban J connectivity index is 1.22. The lowest BCUT2D eigenvalue weighted by molar-refractivity contribution is -0.277. The Labute approximate surface area is 329 Å². The number of benzene rings is 4. The number of hydrogen-bond acceptors (Lipinski definition) is 18. The van der Waals surface area contributed by atoms with Crippen molar-refractivity contribution in [2.24, 2.45) is 0 Å². The third-order valence-corrected chi connectivity index (χ3v) is 10.2. The van der Waals surface area contributed by atoms with Crippen LogP contribution in [-0.4, -0.2) is 141 Å². The second kappa shape index (κ2) is 16.5. The molecule has 3 aliphatic heterocycles. The summed E-state index contributed by atoms with van der Waals surface area (Å²) < 4.78 is 28.6. The normalized spacial score (nSPS) is 30.8. The van der Waals surface area contributed by atoms with E-state index < -0.39 is 98.1 Å². The van der Waals surface area contributed by atoms with Crippen LogP contribution in [0.3, 0.4) is 0 Å². The number of hydrogen-bond donors (Lipinski definition) is 13. The summed E-state index contributed by atoms with van der Waals surface area (Å²) in [6, 6.07) is 15.2. The summed E-state index contributed by atoms with van der Waals surface area (Å²) in [7, 11) is 0. The summed E-state index contributed by atoms with van der Waals surface area (Å²) in [5, 5.41) is 134. The fraction of sp³-hybridized carbons (Fsp3) is 0.350. The summed E-state index contributed by atoms with van der Waals surface area (Å²) in [5.74, 6) is -2.59. The molecule has 0 bridgehead atoms. The topological polar surface area (TPSA) is 309 Å². The zero-order chi connectivity index (χ0) is 41.6. The lowest BCUT2D eigenvalue weighted by atomic mass is 9.84. The van der Waals surface area contributed by atoms with Crippen LogP contribution in [0.15, 0.2) is 66.7 Å². The molecule has 4 aromatic rings. The quantitative estimate of drug-likeness (QED) is 0.0741. The van der Waals surface area contributed by atoms with E-state index in [1.54, 1.807) is 18.2 Å². The highest BCUT2D eigenvalue weighted by Crippen LogP contribution is 2.54. The molecule has 3 heterocycles. The molecule has 58 heavy (non-hydrogen) atoms. The van der Waals surface area contributed by atoms with Crippen LogP contribution in [0.2, 0.25) is 0 Å². The van der Waals surface area contributed by atoms with Gasteiger partial charge in [0.15, 0.2) is 23.0 Å². The van der Waals surface area contributed by atoms with E-state index in [1.807, 2.05) is 0 Å². The van der Waals surface area contributed by atoms with Crippen LogP contribution in [0.1, 0.15) is 39.8 Å². The summed E-state index contributed by atoms with van der Waals surface area (Å²) in [4.78, 5) is 0. The van der Waals surface area contributed by atoms with Gasteiger partial charge in [-0.1, -0.05) is 18.2 Å². The highest BCUT2D eigenvalue weighted by Gasteiger charge is 2.46. The Kier molecular flexibility index (Phi) is 11.6. The third kappa shape index (κ3) is 8.03. The van der Waals surface area contributed by atoms with Gasteiger partial charge in [0.2, 0.25) is 12.6 Å². The number of phenols is 5. The SMILES string of the molecule is OC[C@H]1O[C@@H](Oc2cc(O)cc(/C=C/c3cc(O)c4c(c3)[C@H](c3cc(O)cc(O[C@@H]5O[C@H](CO)[C@@H](O)[C@H](O)[C@H]5O)c3)[C@@H](c3ccc(O)c(O)c3)O4)c2)[C@H](O)[C@@H](O)[C@@H]1O. The standard InChI is InChI=1S/C40H42O18/c41-14-28-31(48)33(50)35(52)39(56-28)54-22-6-16(5-20(43)12-22)1-2-17-7-24-30(37(58-38(24)27(47)8-17)18-3-4-25(45)26(46)11-18)19-9-21(44)13-23(10-19)55-40-36(53)34(51)32(49)29(15-42)57-40/h1-13,28-37,39-53H,14-15H2/b2-1+/t28-,29-,30+,31-,32-,33+,34+,35-,36-,37-,39-,40-/m1/s1. The minimum absolute atomic E-state index is 0.000130. The van der Waals surface area contributed by atoms with E-state index in [0.29, 0.717) is 27.8 Å². The largest absolute Gasteiger partial charge is 0.508 e. The third-order valence-electron chi connectivity index (χ3n) is 10.2. The predicted octanol–water partition coefficient (Wildman–Crippen LogP) is 0.00800. The lowest BCUT2D eigenvalue weighted by Crippen LogP contribution is -2.60. The molecule has 13 N–H and O–H groups in total. The zero-order valence-corrected chi connectivity index (χ0v) is 30.2. The maximum atomic E-state index is 11.3. The molecule has 0 aromatic heterocycles. The highest BCUT2D eigenvalue weighted by atomic mass is 16.7. The average Bonchev–Trinajstić information content (AvgIpc) is 3.58. The smallest absolute Gasteiger partial charge is 0.229 e. The minimum atomic E-state index is -1.75. The molecule has 7 rings (SSSR count). The van der Waals surface area contributed by atoms with Crippen molar-refractivity contribution in [3.63, 3.8) is 0 Å². The van der Waals surface area contributed by atoms with Gasteiger partial charge in [0.05, 0.1) is 19.1 Å². The first-order chi connectivity index (χ1) is 27.6. The molecule has 18 heteroatoms. The summed E-state index contributed by atoms with van der Waals surface area (Å²) in [5.41, 5.74) is 1.87. The first-order valence-corrected chi connectivity index (χ1v) is 18.0. The molecule has 0 unspecified atom stereocenters. The molecule has 4 aromatic carbocycles. The number of ether oxygens (including phenoxy) is 5. The summed E-state index contributed by atoms with van der Waals surface area (Å²) >= 11 is 0. The van der Waals surface area contributed by atoms with Crippen LogP contribution < -0.4 is 14.2 Å². The maximum absolute atomic E-state index is 11.3. The number of aromatic hydroxyl groups is 5. The van der Waals surface area contributed by atoms with Gasteiger partial charge in [-0.2, -0.15) is 0 Å². The van der Waals surface area contributed by atoms with Gasteiger partial charge in [0.25, 0.3) is 0 Å². The van der Waals surface area contributed by atoms with E-state index in [-0.39, 0.29) is 34.5 Å². The molecule has 0 saturated carbocycles. The highest BCUT2D eigenvalue weighted by molar-refractivity contribution is 5.74. The Morgan fingerprint density at radius 1 is 0.517 bits per heavy atom. The number of aliphatic hydroxyl groups is 8. The van der Waals surface area contributed by atoms with Gasteiger partial charge in [-0.25, -0.2) is 0 Å². The van der Waals surface area contributed by atoms with E-state index in [4.69, 9.17) is 23.7 Å². The molecule has 2 fully saturated rings. The molecule has 0 aliphatic carbocycles. The zero-order valence-electron chi connectivity index (χ0n) is 30.2. The Morgan fingerprint density at radius 2 is 1.07 bits per heavy atom. The van der Waals surface area contributed by atoms with Gasteiger partial charge in [-0.3, -0.25) is 0 Å². The Bertz CT molecular complexity index is 2140. The molecule has 0 amide bonds. The summed E-state index contributed by atoms with van der Waals surface area (Å²) in [6.45, 7) is -1.37. The molecular weight excluding hydrogens is 768 g/mol. The van der Waals surface area contributed by atoms with Crippen LogP contribution >= 0.6 is 0 Å². The van der Waals surface area contributed by atoms with Gasteiger partial charge < -0.3 is 90.1 Å². The number of fused-ring (bicyclic) bond motifs is 1. The van der Waals surface area contributed by atoms with Crippen molar-refractivity contribution < 1.29 is 90.1 Å². The molecule has 3 aliphatic rings. The van der Waals surface area contributed by atoms with Crippen LogP contribution in [0, 0.1) is 0 Å². The number of rotatable bonds is 10. The van der Waals surface area contributed by atoms with Gasteiger partial charge >= 0.3 is 0 Å². The molecular formula is C40H42O18. The van der Waals surface area contributed by atoms with Crippen molar-refractivity contribution in [2.45, 2.75) is 73.4 Å². The van der Waals surface area contributed by atoms with Crippen LogP contribution in [0.4, 0.5) is 0 Å². The molecule has 0 radical (unpaired) electrons.